The summed E-state index contributed by atoms with van der Waals surface area (Å²) in [7, 11) is 0. The first-order chi connectivity index (χ1) is 9.27. The lowest BCUT2D eigenvalue weighted by molar-refractivity contribution is 0.470. The fourth-order valence-corrected chi connectivity index (χ4v) is 2.78. The highest BCUT2D eigenvalue weighted by atomic mass is 16.3. The molecule has 0 aliphatic heterocycles. The van der Waals surface area contributed by atoms with Crippen LogP contribution >= 0.6 is 0 Å². The molecule has 0 bridgehead atoms. The number of phenols is 1. The first kappa shape index (κ1) is 16.1. The highest BCUT2D eigenvalue weighted by Crippen LogP contribution is 2.29. The lowest BCUT2D eigenvalue weighted by atomic mass is 9.89. The van der Waals surface area contributed by atoms with E-state index in [0.29, 0.717) is 11.7 Å². The van der Waals surface area contributed by atoms with E-state index in [2.05, 4.69) is 19.9 Å². The highest BCUT2D eigenvalue weighted by molar-refractivity contribution is 5.29. The molecule has 0 saturated heterocycles. The molecule has 0 fully saturated rings. The fourth-order valence-electron chi connectivity index (χ4n) is 2.78. The molecular weight excluding hydrogens is 232 g/mol. The smallest absolute Gasteiger partial charge is 0.115 e. The predicted octanol–water partition coefficient (Wildman–Crippen LogP) is 6.03. The zero-order valence-electron chi connectivity index (χ0n) is 12.7. The normalized spacial score (nSPS) is 12.5. The minimum atomic E-state index is 0.404. The monoisotopic (exact) mass is 262 g/mol. The number of unbranched alkanes of at least 4 members (excludes halogenated alkanes) is 5. The quantitative estimate of drug-likeness (QED) is 0.511. The summed E-state index contributed by atoms with van der Waals surface area (Å²) in [5, 5.41) is 9.60. The van der Waals surface area contributed by atoms with Gasteiger partial charge < -0.3 is 5.11 Å². The summed E-state index contributed by atoms with van der Waals surface area (Å²) in [6, 6.07) is 7.83. The minimum absolute atomic E-state index is 0.404. The summed E-state index contributed by atoms with van der Waals surface area (Å²) in [5.41, 5.74) is 1.32. The van der Waals surface area contributed by atoms with Crippen molar-refractivity contribution in [1.29, 1.82) is 0 Å². The van der Waals surface area contributed by atoms with Crippen LogP contribution in [0.1, 0.15) is 83.1 Å². The SMILES string of the molecule is CCCCCCCCC(CCC)c1cccc(O)c1. The number of benzene rings is 1. The molecule has 0 aliphatic rings. The average Bonchev–Trinajstić information content (AvgIpc) is 2.41. The average molecular weight is 262 g/mol. The molecule has 0 heterocycles. The van der Waals surface area contributed by atoms with Crippen LogP contribution in [-0.4, -0.2) is 5.11 Å². The van der Waals surface area contributed by atoms with E-state index < -0.39 is 0 Å². The molecule has 1 N–H and O–H groups in total. The summed E-state index contributed by atoms with van der Waals surface area (Å²) in [4.78, 5) is 0. The van der Waals surface area contributed by atoms with Gasteiger partial charge in [0.1, 0.15) is 5.75 Å². The second-order valence-electron chi connectivity index (χ2n) is 5.64. The van der Waals surface area contributed by atoms with Gasteiger partial charge in [0, 0.05) is 0 Å². The topological polar surface area (TPSA) is 20.2 Å². The Balaban J connectivity index is 2.36. The Morgan fingerprint density at radius 3 is 2.32 bits per heavy atom. The Labute approximate surface area is 119 Å². The van der Waals surface area contributed by atoms with Crippen molar-refractivity contribution in [2.75, 3.05) is 0 Å². The minimum Gasteiger partial charge on any atom is -0.508 e. The van der Waals surface area contributed by atoms with E-state index in [1.54, 1.807) is 6.07 Å². The van der Waals surface area contributed by atoms with Gasteiger partial charge in [0.2, 0.25) is 0 Å². The Bertz CT molecular complexity index is 332. The number of hydrogen-bond donors (Lipinski definition) is 1. The third kappa shape index (κ3) is 6.66. The molecule has 108 valence electrons. The lowest BCUT2D eigenvalue weighted by Crippen LogP contribution is -1.99. The van der Waals surface area contributed by atoms with Crippen molar-refractivity contribution in [2.24, 2.45) is 0 Å². The van der Waals surface area contributed by atoms with Crippen molar-refractivity contribution in [3.05, 3.63) is 29.8 Å². The molecular formula is C18H30O. The molecule has 1 aromatic carbocycles. The molecule has 19 heavy (non-hydrogen) atoms. The van der Waals surface area contributed by atoms with Gasteiger partial charge in [-0.1, -0.05) is 70.9 Å². The standard InChI is InChI=1S/C18H30O/c1-3-5-6-7-8-9-12-16(11-4-2)17-13-10-14-18(19)15-17/h10,13-16,19H,3-9,11-12H2,1-2H3. The van der Waals surface area contributed by atoms with E-state index >= 15 is 0 Å². The molecule has 1 atom stereocenters. The van der Waals surface area contributed by atoms with Gasteiger partial charge in [0.05, 0.1) is 0 Å². The molecule has 1 unspecified atom stereocenters. The zero-order chi connectivity index (χ0) is 13.9. The van der Waals surface area contributed by atoms with Crippen molar-refractivity contribution in [2.45, 2.75) is 77.6 Å². The maximum atomic E-state index is 9.60. The van der Waals surface area contributed by atoms with Crippen LogP contribution in [0.25, 0.3) is 0 Å². The molecule has 0 amide bonds. The van der Waals surface area contributed by atoms with Gasteiger partial charge >= 0.3 is 0 Å². The van der Waals surface area contributed by atoms with Crippen LogP contribution in [0.15, 0.2) is 24.3 Å². The third-order valence-corrected chi connectivity index (χ3v) is 3.88. The molecule has 1 aromatic rings. The number of hydrogen-bond acceptors (Lipinski definition) is 1. The Hall–Kier alpha value is -0.980. The summed E-state index contributed by atoms with van der Waals surface area (Å²) >= 11 is 0. The molecule has 0 radical (unpaired) electrons. The van der Waals surface area contributed by atoms with Gasteiger partial charge in [-0.25, -0.2) is 0 Å². The van der Waals surface area contributed by atoms with Gasteiger partial charge in [-0.05, 0) is 36.5 Å². The first-order valence-corrected chi connectivity index (χ1v) is 8.06. The molecule has 0 aromatic heterocycles. The van der Waals surface area contributed by atoms with E-state index in [-0.39, 0.29) is 0 Å². The van der Waals surface area contributed by atoms with Gasteiger partial charge in [-0.15, -0.1) is 0 Å². The summed E-state index contributed by atoms with van der Waals surface area (Å²) in [6.07, 6.45) is 11.9. The number of phenolic OH excluding ortho intramolecular Hbond substituents is 1. The Morgan fingerprint density at radius 2 is 1.63 bits per heavy atom. The van der Waals surface area contributed by atoms with Gasteiger partial charge in [0.15, 0.2) is 0 Å². The molecule has 0 aliphatic carbocycles. The van der Waals surface area contributed by atoms with E-state index in [1.807, 2.05) is 12.1 Å². The van der Waals surface area contributed by atoms with E-state index in [9.17, 15) is 5.11 Å². The van der Waals surface area contributed by atoms with E-state index in [4.69, 9.17) is 0 Å². The van der Waals surface area contributed by atoms with Crippen molar-refractivity contribution in [3.8, 4) is 5.75 Å². The third-order valence-electron chi connectivity index (χ3n) is 3.88. The van der Waals surface area contributed by atoms with Crippen molar-refractivity contribution in [1.82, 2.24) is 0 Å². The van der Waals surface area contributed by atoms with Crippen LogP contribution in [0.5, 0.6) is 5.75 Å². The predicted molar refractivity (Wildman–Crippen MR) is 83.7 cm³/mol. The summed E-state index contributed by atoms with van der Waals surface area (Å²) < 4.78 is 0. The van der Waals surface area contributed by atoms with Crippen LogP contribution in [0.2, 0.25) is 0 Å². The van der Waals surface area contributed by atoms with Crippen LogP contribution in [0.3, 0.4) is 0 Å². The van der Waals surface area contributed by atoms with E-state index in [1.165, 1.54) is 63.4 Å². The fraction of sp³-hybridized carbons (Fsp3) is 0.667. The van der Waals surface area contributed by atoms with E-state index in [0.717, 1.165) is 0 Å². The lowest BCUT2D eigenvalue weighted by Gasteiger charge is -2.16. The summed E-state index contributed by atoms with van der Waals surface area (Å²) in [6.45, 7) is 4.51. The number of rotatable bonds is 10. The van der Waals surface area contributed by atoms with Crippen LogP contribution in [-0.2, 0) is 0 Å². The molecule has 0 saturated carbocycles. The Morgan fingerprint density at radius 1 is 0.895 bits per heavy atom. The first-order valence-electron chi connectivity index (χ1n) is 8.06. The van der Waals surface area contributed by atoms with Crippen LogP contribution < -0.4 is 0 Å². The van der Waals surface area contributed by atoms with Crippen molar-refractivity contribution in [3.63, 3.8) is 0 Å². The molecule has 1 heteroatoms. The molecule has 1 rings (SSSR count). The molecule has 1 nitrogen and oxygen atoms in total. The van der Waals surface area contributed by atoms with Crippen LogP contribution in [0.4, 0.5) is 0 Å². The van der Waals surface area contributed by atoms with Crippen molar-refractivity contribution < 1.29 is 5.11 Å². The van der Waals surface area contributed by atoms with Gasteiger partial charge in [0.25, 0.3) is 0 Å². The molecule has 0 spiro atoms. The zero-order valence-corrected chi connectivity index (χ0v) is 12.7. The second kappa shape index (κ2) is 9.89. The van der Waals surface area contributed by atoms with Gasteiger partial charge in [-0.3, -0.25) is 0 Å². The maximum absolute atomic E-state index is 9.60. The Kier molecular flexibility index (Phi) is 8.36. The van der Waals surface area contributed by atoms with Gasteiger partial charge in [-0.2, -0.15) is 0 Å². The van der Waals surface area contributed by atoms with Crippen LogP contribution in [0, 0.1) is 0 Å². The number of aromatic hydroxyl groups is 1. The second-order valence-corrected chi connectivity index (χ2v) is 5.64. The maximum Gasteiger partial charge on any atom is 0.115 e. The largest absolute Gasteiger partial charge is 0.508 e. The highest BCUT2D eigenvalue weighted by Gasteiger charge is 2.10. The van der Waals surface area contributed by atoms with Crippen molar-refractivity contribution >= 4 is 0 Å². The summed E-state index contributed by atoms with van der Waals surface area (Å²) in [5.74, 6) is 1.03.